The first-order chi connectivity index (χ1) is 13.9. The van der Waals surface area contributed by atoms with Crippen LogP contribution < -0.4 is 15.1 Å². The molecule has 0 atom stereocenters. The maximum absolute atomic E-state index is 11.6. The topological polar surface area (TPSA) is 64.6 Å². The lowest BCUT2D eigenvalue weighted by atomic mass is 10.1. The highest BCUT2D eigenvalue weighted by molar-refractivity contribution is 5.73. The average molecular weight is 397 g/mol. The number of aryl methyl sites for hydroxylation is 2. The fraction of sp³-hybridized carbons (Fsp3) is 0.500. The maximum Gasteiger partial charge on any atom is 0.219 e. The van der Waals surface area contributed by atoms with Gasteiger partial charge in [0, 0.05) is 63.6 Å². The number of carbonyl (C=O) groups excluding carboxylic acids is 1. The van der Waals surface area contributed by atoms with Crippen LogP contribution in [0.15, 0.2) is 24.3 Å². The van der Waals surface area contributed by atoms with E-state index in [4.69, 9.17) is 0 Å². The largest absolute Gasteiger partial charge is 0.372 e. The highest BCUT2D eigenvalue weighted by atomic mass is 16.2. The minimum atomic E-state index is 0.134. The Bertz CT molecular complexity index is 856. The number of nitrogens with zero attached hydrogens (tertiary/aromatic N) is 5. The van der Waals surface area contributed by atoms with Crippen LogP contribution in [0.3, 0.4) is 0 Å². The third-order valence-electron chi connectivity index (χ3n) is 5.47. The fourth-order valence-electron chi connectivity index (χ4n) is 3.74. The standard InChI is InChI=1S/C22H32N6O/c1-6-26(7-2)19-8-9-20(16(3)14-19)25-21-15-22(24-17(4)23-21)28-12-10-27(11-13-28)18(5)29/h8-9,14-15H,6-7,10-13H2,1-5H3,(H,23,24,25). The summed E-state index contributed by atoms with van der Waals surface area (Å²) in [5, 5.41) is 3.46. The van der Waals surface area contributed by atoms with E-state index >= 15 is 0 Å². The summed E-state index contributed by atoms with van der Waals surface area (Å²) in [6, 6.07) is 8.48. The molecule has 3 rings (SSSR count). The monoisotopic (exact) mass is 396 g/mol. The van der Waals surface area contributed by atoms with Crippen LogP contribution >= 0.6 is 0 Å². The van der Waals surface area contributed by atoms with E-state index in [2.05, 4.69) is 64.1 Å². The van der Waals surface area contributed by atoms with Crippen LogP contribution in [0.4, 0.5) is 23.0 Å². The Balaban J connectivity index is 1.76. The van der Waals surface area contributed by atoms with Gasteiger partial charge >= 0.3 is 0 Å². The summed E-state index contributed by atoms with van der Waals surface area (Å²) in [6.07, 6.45) is 0. The van der Waals surface area contributed by atoms with Crippen molar-refractivity contribution in [1.82, 2.24) is 14.9 Å². The SMILES string of the molecule is CCN(CC)c1ccc(Nc2cc(N3CCN(C(C)=O)CC3)nc(C)n2)c(C)c1. The first kappa shape index (κ1) is 20.9. The molecule has 7 heteroatoms. The molecule has 2 aromatic rings. The van der Waals surface area contributed by atoms with Gasteiger partial charge in [-0.05, 0) is 51.5 Å². The summed E-state index contributed by atoms with van der Waals surface area (Å²) in [4.78, 5) is 27.2. The predicted octanol–water partition coefficient (Wildman–Crippen LogP) is 3.35. The number of anilines is 4. The molecular weight excluding hydrogens is 364 g/mol. The first-order valence-corrected chi connectivity index (χ1v) is 10.4. The van der Waals surface area contributed by atoms with Gasteiger partial charge in [0.1, 0.15) is 17.5 Å². The molecule has 1 aromatic heterocycles. The van der Waals surface area contributed by atoms with Gasteiger partial charge in [-0.1, -0.05) is 0 Å². The van der Waals surface area contributed by atoms with Crippen LogP contribution in [0.5, 0.6) is 0 Å². The van der Waals surface area contributed by atoms with E-state index in [9.17, 15) is 4.79 Å². The molecule has 29 heavy (non-hydrogen) atoms. The lowest BCUT2D eigenvalue weighted by molar-refractivity contribution is -0.129. The molecule has 1 aliphatic rings. The molecule has 7 nitrogen and oxygen atoms in total. The Morgan fingerprint density at radius 2 is 1.76 bits per heavy atom. The molecule has 0 unspecified atom stereocenters. The molecular formula is C22H32N6O. The van der Waals surface area contributed by atoms with Crippen molar-refractivity contribution in [2.75, 3.05) is 54.4 Å². The van der Waals surface area contributed by atoms with Gasteiger partial charge < -0.3 is 20.0 Å². The molecule has 0 saturated carbocycles. The molecule has 156 valence electrons. The second-order valence-electron chi connectivity index (χ2n) is 7.45. The summed E-state index contributed by atoms with van der Waals surface area (Å²) in [6.45, 7) is 15.0. The van der Waals surface area contributed by atoms with E-state index in [0.717, 1.165) is 62.4 Å². The third kappa shape index (κ3) is 4.96. The van der Waals surface area contributed by atoms with E-state index in [1.807, 2.05) is 17.9 Å². The van der Waals surface area contributed by atoms with E-state index in [-0.39, 0.29) is 5.91 Å². The first-order valence-electron chi connectivity index (χ1n) is 10.4. The van der Waals surface area contributed by atoms with Crippen molar-refractivity contribution in [2.24, 2.45) is 0 Å². The second kappa shape index (κ2) is 9.11. The summed E-state index contributed by atoms with van der Waals surface area (Å²) >= 11 is 0. The van der Waals surface area contributed by atoms with Crippen molar-refractivity contribution in [2.45, 2.75) is 34.6 Å². The van der Waals surface area contributed by atoms with Gasteiger partial charge in [0.05, 0.1) is 0 Å². The Labute approximate surface area is 173 Å². The van der Waals surface area contributed by atoms with Crippen molar-refractivity contribution >= 4 is 28.9 Å². The molecule has 1 aromatic carbocycles. The molecule has 1 fully saturated rings. The smallest absolute Gasteiger partial charge is 0.219 e. The zero-order chi connectivity index (χ0) is 21.0. The number of hydrogen-bond acceptors (Lipinski definition) is 6. The summed E-state index contributed by atoms with van der Waals surface area (Å²) in [5.41, 5.74) is 3.47. The number of nitrogens with one attached hydrogen (secondary N) is 1. The Morgan fingerprint density at radius 1 is 1.07 bits per heavy atom. The Hall–Kier alpha value is -2.83. The number of piperazine rings is 1. The van der Waals surface area contributed by atoms with E-state index < -0.39 is 0 Å². The van der Waals surface area contributed by atoms with Gasteiger partial charge in [-0.15, -0.1) is 0 Å². The Morgan fingerprint density at radius 3 is 2.34 bits per heavy atom. The molecule has 0 bridgehead atoms. The van der Waals surface area contributed by atoms with Crippen LogP contribution in [-0.2, 0) is 4.79 Å². The van der Waals surface area contributed by atoms with Gasteiger partial charge in [-0.2, -0.15) is 0 Å². The molecule has 0 aliphatic carbocycles. The summed E-state index contributed by atoms with van der Waals surface area (Å²) in [7, 11) is 0. The van der Waals surface area contributed by atoms with Gasteiger partial charge in [-0.3, -0.25) is 4.79 Å². The molecule has 0 radical (unpaired) electrons. The number of aromatic nitrogens is 2. The Kier molecular flexibility index (Phi) is 6.56. The summed E-state index contributed by atoms with van der Waals surface area (Å²) < 4.78 is 0. The number of carbonyl (C=O) groups is 1. The number of rotatable bonds is 6. The van der Waals surface area contributed by atoms with Crippen molar-refractivity contribution < 1.29 is 4.79 Å². The number of benzene rings is 1. The minimum absolute atomic E-state index is 0.134. The third-order valence-corrected chi connectivity index (χ3v) is 5.47. The highest BCUT2D eigenvalue weighted by Gasteiger charge is 2.20. The van der Waals surface area contributed by atoms with E-state index in [1.165, 1.54) is 11.3 Å². The van der Waals surface area contributed by atoms with E-state index in [1.54, 1.807) is 6.92 Å². The van der Waals surface area contributed by atoms with Crippen LogP contribution in [0.1, 0.15) is 32.2 Å². The van der Waals surface area contributed by atoms with Crippen molar-refractivity contribution in [3.05, 3.63) is 35.7 Å². The van der Waals surface area contributed by atoms with Crippen LogP contribution in [0, 0.1) is 13.8 Å². The molecule has 1 amide bonds. The second-order valence-corrected chi connectivity index (χ2v) is 7.45. The lowest BCUT2D eigenvalue weighted by Crippen LogP contribution is -2.48. The molecule has 2 heterocycles. The maximum atomic E-state index is 11.6. The van der Waals surface area contributed by atoms with Crippen molar-refractivity contribution in [3.63, 3.8) is 0 Å². The average Bonchev–Trinajstić information content (AvgIpc) is 2.70. The van der Waals surface area contributed by atoms with Gasteiger partial charge in [-0.25, -0.2) is 9.97 Å². The van der Waals surface area contributed by atoms with Crippen LogP contribution in [-0.4, -0.2) is 60.0 Å². The predicted molar refractivity (Wildman–Crippen MR) is 119 cm³/mol. The minimum Gasteiger partial charge on any atom is -0.372 e. The van der Waals surface area contributed by atoms with E-state index in [0.29, 0.717) is 0 Å². The normalized spacial score (nSPS) is 14.1. The van der Waals surface area contributed by atoms with Crippen LogP contribution in [0.25, 0.3) is 0 Å². The zero-order valence-electron chi connectivity index (χ0n) is 18.2. The number of hydrogen-bond donors (Lipinski definition) is 1. The molecule has 1 saturated heterocycles. The van der Waals surface area contributed by atoms with Gasteiger partial charge in [0.15, 0.2) is 0 Å². The lowest BCUT2D eigenvalue weighted by Gasteiger charge is -2.35. The summed E-state index contributed by atoms with van der Waals surface area (Å²) in [5.74, 6) is 2.56. The van der Waals surface area contributed by atoms with Gasteiger partial charge in [0.25, 0.3) is 0 Å². The van der Waals surface area contributed by atoms with Crippen LogP contribution in [0.2, 0.25) is 0 Å². The molecule has 1 aliphatic heterocycles. The highest BCUT2D eigenvalue weighted by Crippen LogP contribution is 2.26. The van der Waals surface area contributed by atoms with Crippen molar-refractivity contribution in [3.8, 4) is 0 Å². The number of amides is 1. The van der Waals surface area contributed by atoms with Crippen molar-refractivity contribution in [1.29, 1.82) is 0 Å². The quantitative estimate of drug-likeness (QED) is 0.808. The zero-order valence-corrected chi connectivity index (χ0v) is 18.2. The van der Waals surface area contributed by atoms with Gasteiger partial charge in [0.2, 0.25) is 5.91 Å². The fourth-order valence-corrected chi connectivity index (χ4v) is 3.74. The molecule has 0 spiro atoms. The molecule has 1 N–H and O–H groups in total.